The number of carbonyl (C=O) groups excluding carboxylic acids is 1. The van der Waals surface area contributed by atoms with Gasteiger partial charge in [-0.2, -0.15) is 0 Å². The molecule has 5 aromatic rings. The number of carboxylic acids is 1. The zero-order valence-corrected chi connectivity index (χ0v) is 24.8. The normalized spacial score (nSPS) is 11.4. The molecule has 0 heterocycles. The molecule has 0 fully saturated rings. The van der Waals surface area contributed by atoms with E-state index in [0.29, 0.717) is 34.1 Å². The van der Waals surface area contributed by atoms with Crippen LogP contribution in [-0.2, 0) is 11.2 Å². The van der Waals surface area contributed by atoms with Gasteiger partial charge in [0.1, 0.15) is 11.5 Å². The first-order valence-corrected chi connectivity index (χ1v) is 14.9. The van der Waals surface area contributed by atoms with Crippen LogP contribution in [0, 0.1) is 0 Å². The monoisotopic (exact) mass is 604 g/mol. The summed E-state index contributed by atoms with van der Waals surface area (Å²) in [4.78, 5) is 25.3. The third kappa shape index (κ3) is 8.27. The Balaban J connectivity index is 1.30. The van der Waals surface area contributed by atoms with Gasteiger partial charge in [-0.1, -0.05) is 103 Å². The van der Waals surface area contributed by atoms with Gasteiger partial charge in [0.25, 0.3) is 5.91 Å². The molecule has 0 radical (unpaired) electrons. The van der Waals surface area contributed by atoms with Gasteiger partial charge in [-0.3, -0.25) is 9.59 Å². The van der Waals surface area contributed by atoms with Crippen LogP contribution in [0.5, 0.6) is 11.5 Å². The number of anilines is 1. The number of rotatable bonds is 13. The molecule has 0 saturated heterocycles. The molecule has 1 amide bonds. The van der Waals surface area contributed by atoms with Crippen LogP contribution in [0.15, 0.2) is 127 Å². The van der Waals surface area contributed by atoms with Gasteiger partial charge in [-0.25, -0.2) is 0 Å². The van der Waals surface area contributed by atoms with Crippen LogP contribution in [0.1, 0.15) is 40.4 Å². The Bertz CT molecular complexity index is 1690. The van der Waals surface area contributed by atoms with E-state index in [0.717, 1.165) is 29.7 Å². The fourth-order valence-electron chi connectivity index (χ4n) is 4.99. The fraction of sp³-hybridized carbons (Fsp3) is 0.135. The molecule has 5 rings (SSSR count). The quantitative estimate of drug-likeness (QED) is 0.117. The van der Waals surface area contributed by atoms with Crippen LogP contribution in [0.2, 0.25) is 5.02 Å². The molecule has 1 unspecified atom stereocenters. The number of aliphatic carboxylic acids is 1. The number of ether oxygens (including phenoxy) is 1. The van der Waals surface area contributed by atoms with Crippen molar-refractivity contribution in [3.63, 3.8) is 0 Å². The molecule has 6 nitrogen and oxygen atoms in total. The van der Waals surface area contributed by atoms with Crippen molar-refractivity contribution < 1.29 is 19.4 Å². The van der Waals surface area contributed by atoms with E-state index < -0.39 is 17.9 Å². The summed E-state index contributed by atoms with van der Waals surface area (Å²) in [6.07, 6.45) is 1.50. The lowest BCUT2D eigenvalue weighted by Crippen LogP contribution is -2.30. The molecule has 1 atom stereocenters. The largest absolute Gasteiger partial charge is 0.481 e. The summed E-state index contributed by atoms with van der Waals surface area (Å²) in [6, 6.07) is 39.3. The summed E-state index contributed by atoms with van der Waals surface area (Å²) in [6.45, 7) is 0.659. The molecule has 222 valence electrons. The van der Waals surface area contributed by atoms with E-state index in [1.807, 2.05) is 97.1 Å². The zero-order chi connectivity index (χ0) is 30.7. The van der Waals surface area contributed by atoms with Gasteiger partial charge in [0.05, 0.1) is 18.0 Å². The van der Waals surface area contributed by atoms with E-state index in [1.54, 1.807) is 18.2 Å². The summed E-state index contributed by atoms with van der Waals surface area (Å²) < 4.78 is 6.12. The Morgan fingerprint density at radius 2 is 1.48 bits per heavy atom. The van der Waals surface area contributed by atoms with E-state index in [-0.39, 0.29) is 6.42 Å². The SMILES string of the molecule is O=C(O)CC(NC(=O)c1cc(Cl)ccc1NCCCc1ccccc1)c1ccc(-c2ccccc2Oc2ccccc2)cc1. The number of aryl methyl sites for hydroxylation is 1. The molecule has 44 heavy (non-hydrogen) atoms. The van der Waals surface area contributed by atoms with Gasteiger partial charge >= 0.3 is 5.97 Å². The number of carbonyl (C=O) groups is 2. The van der Waals surface area contributed by atoms with Gasteiger partial charge in [0.2, 0.25) is 0 Å². The van der Waals surface area contributed by atoms with Crippen molar-refractivity contribution in [3.05, 3.63) is 149 Å². The van der Waals surface area contributed by atoms with Crippen molar-refractivity contribution in [3.8, 4) is 22.6 Å². The van der Waals surface area contributed by atoms with Crippen LogP contribution in [-0.4, -0.2) is 23.5 Å². The van der Waals surface area contributed by atoms with E-state index in [1.165, 1.54) is 5.56 Å². The first kappa shape index (κ1) is 30.4. The lowest BCUT2D eigenvalue weighted by atomic mass is 9.98. The summed E-state index contributed by atoms with van der Waals surface area (Å²) in [7, 11) is 0. The van der Waals surface area contributed by atoms with Crippen LogP contribution < -0.4 is 15.4 Å². The lowest BCUT2D eigenvalue weighted by molar-refractivity contribution is -0.137. The Labute approximate surface area is 262 Å². The maximum atomic E-state index is 13.5. The van der Waals surface area contributed by atoms with Crippen LogP contribution >= 0.6 is 11.6 Å². The second-order valence-corrected chi connectivity index (χ2v) is 10.8. The van der Waals surface area contributed by atoms with Gasteiger partial charge < -0.3 is 20.5 Å². The van der Waals surface area contributed by atoms with Crippen molar-refractivity contribution in [2.45, 2.75) is 25.3 Å². The maximum Gasteiger partial charge on any atom is 0.305 e. The topological polar surface area (TPSA) is 87.7 Å². The minimum absolute atomic E-state index is 0.279. The van der Waals surface area contributed by atoms with Crippen LogP contribution in [0.25, 0.3) is 11.1 Å². The number of hydrogen-bond acceptors (Lipinski definition) is 4. The van der Waals surface area contributed by atoms with Crippen molar-refractivity contribution in [2.75, 3.05) is 11.9 Å². The first-order chi connectivity index (χ1) is 21.5. The number of benzene rings is 5. The molecule has 0 aliphatic carbocycles. The van der Waals surface area contributed by atoms with Crippen molar-refractivity contribution in [1.29, 1.82) is 0 Å². The summed E-state index contributed by atoms with van der Waals surface area (Å²) in [5, 5.41) is 16.4. The highest BCUT2D eigenvalue weighted by atomic mass is 35.5. The smallest absolute Gasteiger partial charge is 0.305 e. The minimum atomic E-state index is -1.02. The molecule has 0 bridgehead atoms. The molecule has 0 saturated carbocycles. The van der Waals surface area contributed by atoms with E-state index in [4.69, 9.17) is 16.3 Å². The molecule has 7 heteroatoms. The second kappa shape index (κ2) is 14.9. The summed E-state index contributed by atoms with van der Waals surface area (Å²) >= 11 is 6.27. The number of para-hydroxylation sites is 2. The van der Waals surface area contributed by atoms with Crippen molar-refractivity contribution in [1.82, 2.24) is 5.32 Å². The molecular formula is C37H33ClN2O4. The Hall–Kier alpha value is -5.07. The Morgan fingerprint density at radius 1 is 0.795 bits per heavy atom. The van der Waals surface area contributed by atoms with E-state index in [9.17, 15) is 14.7 Å². The molecule has 3 N–H and O–H groups in total. The predicted octanol–water partition coefficient (Wildman–Crippen LogP) is 8.79. The fourth-order valence-corrected chi connectivity index (χ4v) is 5.16. The van der Waals surface area contributed by atoms with Crippen LogP contribution in [0.4, 0.5) is 5.69 Å². The number of amides is 1. The highest BCUT2D eigenvalue weighted by Gasteiger charge is 2.21. The van der Waals surface area contributed by atoms with Gasteiger partial charge in [0, 0.05) is 22.8 Å². The van der Waals surface area contributed by atoms with Gasteiger partial charge in [-0.15, -0.1) is 0 Å². The van der Waals surface area contributed by atoms with Gasteiger partial charge in [-0.05, 0) is 65.9 Å². The maximum absolute atomic E-state index is 13.5. The third-order valence-electron chi connectivity index (χ3n) is 7.19. The number of carboxylic acid groups (broad SMARTS) is 1. The Kier molecular flexibility index (Phi) is 10.3. The molecule has 0 aliphatic heterocycles. The Morgan fingerprint density at radius 3 is 2.20 bits per heavy atom. The molecule has 0 spiro atoms. The van der Waals surface area contributed by atoms with Crippen molar-refractivity contribution in [2.24, 2.45) is 0 Å². The average Bonchev–Trinajstić information content (AvgIpc) is 3.04. The van der Waals surface area contributed by atoms with E-state index >= 15 is 0 Å². The highest BCUT2D eigenvalue weighted by molar-refractivity contribution is 6.31. The van der Waals surface area contributed by atoms with E-state index in [2.05, 4.69) is 22.8 Å². The number of nitrogens with one attached hydrogen (secondary N) is 2. The highest BCUT2D eigenvalue weighted by Crippen LogP contribution is 2.34. The summed E-state index contributed by atoms with van der Waals surface area (Å²) in [5.74, 6) is -0.000188. The third-order valence-corrected chi connectivity index (χ3v) is 7.43. The summed E-state index contributed by atoms with van der Waals surface area (Å²) in [5.41, 5.74) is 4.71. The second-order valence-electron chi connectivity index (χ2n) is 10.4. The molecule has 0 aliphatic rings. The zero-order valence-electron chi connectivity index (χ0n) is 24.1. The lowest BCUT2D eigenvalue weighted by Gasteiger charge is -2.20. The molecular weight excluding hydrogens is 572 g/mol. The number of halogens is 1. The van der Waals surface area contributed by atoms with Gasteiger partial charge in [0.15, 0.2) is 0 Å². The number of hydrogen-bond donors (Lipinski definition) is 3. The average molecular weight is 605 g/mol. The molecule has 5 aromatic carbocycles. The molecule has 0 aromatic heterocycles. The van der Waals surface area contributed by atoms with Crippen LogP contribution in [0.3, 0.4) is 0 Å². The minimum Gasteiger partial charge on any atom is -0.481 e. The predicted molar refractivity (Wildman–Crippen MR) is 176 cm³/mol. The standard InChI is InChI=1S/C37H33ClN2O4/c38-29-21-22-33(39-23-9-12-26-10-3-1-4-11-26)32(24-29)37(43)40-34(25-36(41)42)28-19-17-27(18-20-28)31-15-7-8-16-35(31)44-30-13-5-2-6-14-30/h1-8,10-11,13-22,24,34,39H,9,12,23,25H2,(H,40,43)(H,41,42). The first-order valence-electron chi connectivity index (χ1n) is 14.5. The van der Waals surface area contributed by atoms with Crippen molar-refractivity contribution >= 4 is 29.2 Å².